The summed E-state index contributed by atoms with van der Waals surface area (Å²) in [6.07, 6.45) is 10.9. The molecule has 2 aromatic carbocycles. The molecule has 0 saturated heterocycles. The van der Waals surface area contributed by atoms with Gasteiger partial charge >= 0.3 is 0 Å². The van der Waals surface area contributed by atoms with E-state index in [4.69, 9.17) is 0 Å². The van der Waals surface area contributed by atoms with Gasteiger partial charge in [-0.05, 0) is 61.1 Å². The monoisotopic (exact) mass is 357 g/mol. The summed E-state index contributed by atoms with van der Waals surface area (Å²) < 4.78 is 0. The summed E-state index contributed by atoms with van der Waals surface area (Å²) in [4.78, 5) is 2.85. The van der Waals surface area contributed by atoms with Crippen LogP contribution in [-0.4, -0.2) is 10.9 Å². The Morgan fingerprint density at radius 3 is 2.26 bits per heavy atom. The first kappa shape index (κ1) is 17.1. The van der Waals surface area contributed by atoms with Gasteiger partial charge in [0, 0.05) is 24.2 Å². The van der Waals surface area contributed by atoms with Crippen molar-refractivity contribution < 1.29 is 0 Å². The van der Waals surface area contributed by atoms with E-state index in [1.54, 1.807) is 16.8 Å². The average Bonchev–Trinajstić information content (AvgIpc) is 2.75. The quantitative estimate of drug-likeness (QED) is 0.592. The van der Waals surface area contributed by atoms with E-state index < -0.39 is 0 Å². The SMILES string of the molecule is c1ccc(CN2C3=C(CCCC3)C(c3ccccc3)C3CCCCC32)cc1. The highest BCUT2D eigenvalue weighted by Gasteiger charge is 2.44. The van der Waals surface area contributed by atoms with Gasteiger partial charge in [0.1, 0.15) is 0 Å². The van der Waals surface area contributed by atoms with Crippen LogP contribution < -0.4 is 0 Å². The number of allylic oxidation sites excluding steroid dienone is 2. The van der Waals surface area contributed by atoms with E-state index >= 15 is 0 Å². The van der Waals surface area contributed by atoms with Crippen molar-refractivity contribution in [3.05, 3.63) is 83.1 Å². The molecule has 27 heavy (non-hydrogen) atoms. The van der Waals surface area contributed by atoms with Crippen molar-refractivity contribution in [2.75, 3.05) is 0 Å². The third kappa shape index (κ3) is 3.22. The smallest absolute Gasteiger partial charge is 0.0429 e. The molecule has 1 fully saturated rings. The molecule has 3 atom stereocenters. The van der Waals surface area contributed by atoms with Crippen LogP contribution >= 0.6 is 0 Å². The fraction of sp³-hybridized carbons (Fsp3) is 0.462. The van der Waals surface area contributed by atoms with Gasteiger partial charge in [0.05, 0.1) is 0 Å². The molecule has 3 unspecified atom stereocenters. The van der Waals surface area contributed by atoms with E-state index in [-0.39, 0.29) is 0 Å². The highest BCUT2D eigenvalue weighted by molar-refractivity contribution is 5.38. The van der Waals surface area contributed by atoms with E-state index in [1.807, 2.05) is 0 Å². The predicted octanol–water partition coefficient (Wildman–Crippen LogP) is 6.67. The maximum Gasteiger partial charge on any atom is 0.0429 e. The van der Waals surface area contributed by atoms with E-state index in [0.717, 1.165) is 18.5 Å². The topological polar surface area (TPSA) is 3.24 Å². The molecule has 0 N–H and O–H groups in total. The second kappa shape index (κ2) is 7.54. The summed E-state index contributed by atoms with van der Waals surface area (Å²) in [5, 5.41) is 0. The molecular formula is C26H31N. The molecule has 0 spiro atoms. The van der Waals surface area contributed by atoms with Gasteiger partial charge in [0.2, 0.25) is 0 Å². The summed E-state index contributed by atoms with van der Waals surface area (Å²) in [6.45, 7) is 1.10. The maximum atomic E-state index is 2.85. The molecule has 3 aliphatic rings. The van der Waals surface area contributed by atoms with Gasteiger partial charge in [-0.3, -0.25) is 0 Å². The van der Waals surface area contributed by atoms with Crippen LogP contribution in [0.3, 0.4) is 0 Å². The molecular weight excluding hydrogens is 326 g/mol. The number of fused-ring (bicyclic) bond motifs is 1. The zero-order valence-electron chi connectivity index (χ0n) is 16.3. The van der Waals surface area contributed by atoms with Crippen LogP contribution in [0.1, 0.15) is 68.4 Å². The van der Waals surface area contributed by atoms with Crippen molar-refractivity contribution in [1.29, 1.82) is 0 Å². The Kier molecular flexibility index (Phi) is 4.78. The molecule has 5 rings (SSSR count). The number of nitrogens with zero attached hydrogens (tertiary/aromatic N) is 1. The Hall–Kier alpha value is -2.02. The summed E-state index contributed by atoms with van der Waals surface area (Å²) in [7, 11) is 0. The fourth-order valence-corrected chi connectivity index (χ4v) is 6.05. The summed E-state index contributed by atoms with van der Waals surface area (Å²) in [5.74, 6) is 1.46. The molecule has 2 aromatic rings. The molecule has 1 heteroatoms. The van der Waals surface area contributed by atoms with Crippen molar-refractivity contribution in [3.63, 3.8) is 0 Å². The molecule has 2 aliphatic carbocycles. The van der Waals surface area contributed by atoms with Gasteiger partial charge in [-0.25, -0.2) is 0 Å². The minimum absolute atomic E-state index is 0.666. The first-order valence-electron chi connectivity index (χ1n) is 11.0. The maximum absolute atomic E-state index is 2.85. The Bertz CT molecular complexity index is 791. The molecule has 0 aromatic heterocycles. The molecule has 0 bridgehead atoms. The summed E-state index contributed by atoms with van der Waals surface area (Å²) in [6, 6.07) is 23.3. The number of hydrogen-bond donors (Lipinski definition) is 0. The highest BCUT2D eigenvalue weighted by Crippen LogP contribution is 2.52. The third-order valence-electron chi connectivity index (χ3n) is 7.17. The van der Waals surface area contributed by atoms with Gasteiger partial charge in [-0.1, -0.05) is 73.5 Å². The van der Waals surface area contributed by atoms with E-state index in [2.05, 4.69) is 65.6 Å². The Labute approximate surface area is 164 Å². The van der Waals surface area contributed by atoms with Crippen molar-refractivity contribution in [1.82, 2.24) is 4.90 Å². The molecule has 0 amide bonds. The molecule has 1 nitrogen and oxygen atoms in total. The fourth-order valence-electron chi connectivity index (χ4n) is 6.05. The Morgan fingerprint density at radius 1 is 0.741 bits per heavy atom. The van der Waals surface area contributed by atoms with Gasteiger partial charge in [0.25, 0.3) is 0 Å². The van der Waals surface area contributed by atoms with E-state index in [0.29, 0.717) is 5.92 Å². The van der Waals surface area contributed by atoms with Gasteiger partial charge in [0.15, 0.2) is 0 Å². The normalized spacial score (nSPS) is 27.9. The van der Waals surface area contributed by atoms with Crippen LogP contribution in [0.25, 0.3) is 0 Å². The van der Waals surface area contributed by atoms with E-state index in [9.17, 15) is 0 Å². The second-order valence-electron chi connectivity index (χ2n) is 8.70. The standard InChI is InChI=1S/C26H31N/c1-3-11-20(12-4-1)19-27-24-17-9-7-15-22(24)26(21-13-5-2-6-14-21)23-16-8-10-18-25(23)27/h1-6,11-14,22,24,26H,7-10,15-19H2. The van der Waals surface area contributed by atoms with Crippen LogP contribution in [-0.2, 0) is 6.54 Å². The second-order valence-corrected chi connectivity index (χ2v) is 8.70. The lowest BCUT2D eigenvalue weighted by Crippen LogP contribution is -2.49. The third-order valence-corrected chi connectivity index (χ3v) is 7.17. The largest absolute Gasteiger partial charge is 0.367 e. The summed E-state index contributed by atoms with van der Waals surface area (Å²) in [5.41, 5.74) is 6.54. The Morgan fingerprint density at radius 2 is 1.44 bits per heavy atom. The minimum Gasteiger partial charge on any atom is -0.367 e. The highest BCUT2D eigenvalue weighted by atomic mass is 15.2. The Balaban J connectivity index is 1.59. The predicted molar refractivity (Wildman–Crippen MR) is 112 cm³/mol. The van der Waals surface area contributed by atoms with Gasteiger partial charge in [-0.15, -0.1) is 0 Å². The van der Waals surface area contributed by atoms with Gasteiger partial charge in [-0.2, -0.15) is 0 Å². The van der Waals surface area contributed by atoms with Gasteiger partial charge < -0.3 is 4.90 Å². The zero-order valence-corrected chi connectivity index (χ0v) is 16.3. The number of hydrogen-bond acceptors (Lipinski definition) is 1. The minimum atomic E-state index is 0.666. The van der Waals surface area contributed by atoms with Crippen LogP contribution in [0.2, 0.25) is 0 Å². The first-order valence-corrected chi connectivity index (χ1v) is 11.0. The lowest BCUT2D eigenvalue weighted by molar-refractivity contribution is 0.0882. The van der Waals surface area contributed by atoms with Crippen molar-refractivity contribution in [3.8, 4) is 0 Å². The number of benzene rings is 2. The number of rotatable bonds is 3. The van der Waals surface area contributed by atoms with Crippen LogP contribution in [0, 0.1) is 5.92 Å². The molecule has 1 heterocycles. The van der Waals surface area contributed by atoms with Crippen molar-refractivity contribution in [2.45, 2.75) is 69.9 Å². The van der Waals surface area contributed by atoms with E-state index in [1.165, 1.54) is 56.9 Å². The lowest BCUT2D eigenvalue weighted by atomic mass is 9.65. The molecule has 1 aliphatic heterocycles. The van der Waals surface area contributed by atoms with Crippen LogP contribution in [0.5, 0.6) is 0 Å². The van der Waals surface area contributed by atoms with Crippen molar-refractivity contribution >= 4 is 0 Å². The zero-order chi connectivity index (χ0) is 18.1. The molecule has 0 radical (unpaired) electrons. The summed E-state index contributed by atoms with van der Waals surface area (Å²) >= 11 is 0. The van der Waals surface area contributed by atoms with Crippen molar-refractivity contribution in [2.24, 2.45) is 5.92 Å². The first-order chi connectivity index (χ1) is 13.4. The lowest BCUT2D eigenvalue weighted by Gasteiger charge is -2.52. The van der Waals surface area contributed by atoms with Crippen LogP contribution in [0.4, 0.5) is 0 Å². The molecule has 1 saturated carbocycles. The molecule has 140 valence electrons. The average molecular weight is 358 g/mol. The van der Waals surface area contributed by atoms with Crippen LogP contribution in [0.15, 0.2) is 71.9 Å².